The predicted molar refractivity (Wildman–Crippen MR) is 72.1 cm³/mol. The summed E-state index contributed by atoms with van der Waals surface area (Å²) >= 11 is 1.44. The Bertz CT molecular complexity index is 679. The molecule has 0 amide bonds. The number of fused-ring (bicyclic) bond motifs is 1. The van der Waals surface area contributed by atoms with Crippen molar-refractivity contribution in [3.8, 4) is 0 Å². The molecule has 3 aromatic rings. The van der Waals surface area contributed by atoms with Gasteiger partial charge in [0.1, 0.15) is 10.8 Å². The van der Waals surface area contributed by atoms with Gasteiger partial charge in [0.2, 0.25) is 0 Å². The van der Waals surface area contributed by atoms with Gasteiger partial charge in [0.05, 0.1) is 16.3 Å². The number of hydrogen-bond donors (Lipinski definition) is 1. The summed E-state index contributed by atoms with van der Waals surface area (Å²) < 4.78 is 13.9. The van der Waals surface area contributed by atoms with E-state index in [1.165, 1.54) is 23.5 Å². The topological polar surface area (TPSA) is 38.9 Å². The van der Waals surface area contributed by atoms with Crippen molar-refractivity contribution in [2.75, 3.05) is 0 Å². The third-order valence-corrected chi connectivity index (χ3v) is 3.89. The number of benzene rings is 2. The van der Waals surface area contributed by atoms with Crippen LogP contribution in [0.3, 0.4) is 0 Å². The largest absolute Gasteiger partial charge is 0.318 e. The number of aromatic nitrogens is 1. The first-order valence-corrected chi connectivity index (χ1v) is 6.42. The summed E-state index contributed by atoms with van der Waals surface area (Å²) in [7, 11) is 0. The molecule has 90 valence electrons. The number of nitrogens with two attached hydrogens (primary N) is 1. The molecule has 4 heteroatoms. The van der Waals surface area contributed by atoms with Crippen molar-refractivity contribution in [1.82, 2.24) is 4.98 Å². The highest BCUT2D eigenvalue weighted by molar-refractivity contribution is 7.18. The molecule has 2 aromatic carbocycles. The van der Waals surface area contributed by atoms with Crippen LogP contribution in [0.2, 0.25) is 0 Å². The molecule has 0 radical (unpaired) electrons. The fraction of sp³-hybridized carbons (Fsp3) is 0.0714. The molecule has 1 aromatic heterocycles. The number of hydrogen-bond acceptors (Lipinski definition) is 3. The maximum Gasteiger partial charge on any atom is 0.124 e. The lowest BCUT2D eigenvalue weighted by atomic mass is 10.1. The SMILES string of the molecule is N[C@@H](c1ccccc1)c1nc2ccc(F)cc2s1. The third kappa shape index (κ3) is 2.00. The van der Waals surface area contributed by atoms with Crippen LogP contribution >= 0.6 is 11.3 Å². The van der Waals surface area contributed by atoms with Crippen molar-refractivity contribution in [2.45, 2.75) is 6.04 Å². The van der Waals surface area contributed by atoms with E-state index in [1.54, 1.807) is 6.07 Å². The highest BCUT2D eigenvalue weighted by atomic mass is 32.1. The van der Waals surface area contributed by atoms with Crippen LogP contribution in [0.4, 0.5) is 4.39 Å². The molecule has 0 unspecified atom stereocenters. The van der Waals surface area contributed by atoms with E-state index in [4.69, 9.17) is 5.73 Å². The van der Waals surface area contributed by atoms with Crippen LogP contribution in [0.15, 0.2) is 48.5 Å². The quantitative estimate of drug-likeness (QED) is 0.764. The molecule has 18 heavy (non-hydrogen) atoms. The van der Waals surface area contributed by atoms with Gasteiger partial charge in [-0.05, 0) is 23.8 Å². The van der Waals surface area contributed by atoms with E-state index in [9.17, 15) is 4.39 Å². The molecule has 0 aliphatic heterocycles. The van der Waals surface area contributed by atoms with Gasteiger partial charge in [-0.15, -0.1) is 11.3 Å². The average Bonchev–Trinajstić information content (AvgIpc) is 2.81. The summed E-state index contributed by atoms with van der Waals surface area (Å²) in [6, 6.07) is 14.1. The Labute approximate surface area is 108 Å². The molecule has 1 atom stereocenters. The second kappa shape index (κ2) is 4.48. The monoisotopic (exact) mass is 258 g/mol. The molecule has 0 saturated heterocycles. The molecule has 1 heterocycles. The lowest BCUT2D eigenvalue weighted by Crippen LogP contribution is -2.10. The summed E-state index contributed by atoms with van der Waals surface area (Å²) in [5, 5.41) is 0.807. The Balaban J connectivity index is 2.04. The van der Waals surface area contributed by atoms with Gasteiger partial charge >= 0.3 is 0 Å². The molecule has 0 saturated carbocycles. The van der Waals surface area contributed by atoms with Crippen LogP contribution in [0.25, 0.3) is 10.2 Å². The summed E-state index contributed by atoms with van der Waals surface area (Å²) in [5.74, 6) is -0.244. The minimum Gasteiger partial charge on any atom is -0.318 e. The number of nitrogens with zero attached hydrogens (tertiary/aromatic N) is 1. The summed E-state index contributed by atoms with van der Waals surface area (Å²) in [6.07, 6.45) is 0. The Hall–Kier alpha value is -1.78. The molecule has 3 rings (SSSR count). The van der Waals surface area contributed by atoms with Gasteiger partial charge in [0.15, 0.2) is 0 Å². The van der Waals surface area contributed by atoms with E-state index in [0.29, 0.717) is 0 Å². The van der Waals surface area contributed by atoms with Crippen molar-refractivity contribution in [3.05, 3.63) is 64.9 Å². The van der Waals surface area contributed by atoms with Crippen LogP contribution in [-0.4, -0.2) is 4.98 Å². The number of rotatable bonds is 2. The van der Waals surface area contributed by atoms with Crippen LogP contribution < -0.4 is 5.73 Å². The number of halogens is 1. The Morgan fingerprint density at radius 2 is 1.89 bits per heavy atom. The van der Waals surface area contributed by atoms with E-state index < -0.39 is 0 Å². The molecule has 0 fully saturated rings. The summed E-state index contributed by atoms with van der Waals surface area (Å²) in [5.41, 5.74) is 7.98. The van der Waals surface area contributed by atoms with Crippen LogP contribution in [0.5, 0.6) is 0 Å². The molecule has 2 N–H and O–H groups in total. The first-order chi connectivity index (χ1) is 8.74. The van der Waals surface area contributed by atoms with Crippen molar-refractivity contribution in [1.29, 1.82) is 0 Å². The molecular weight excluding hydrogens is 247 g/mol. The fourth-order valence-electron chi connectivity index (χ4n) is 1.85. The van der Waals surface area contributed by atoms with Gasteiger partial charge in [-0.1, -0.05) is 30.3 Å². The van der Waals surface area contributed by atoms with Crippen LogP contribution in [0.1, 0.15) is 16.6 Å². The van der Waals surface area contributed by atoms with Gasteiger partial charge in [-0.25, -0.2) is 9.37 Å². The average molecular weight is 258 g/mol. The Morgan fingerprint density at radius 3 is 2.67 bits per heavy atom. The van der Waals surface area contributed by atoms with Crippen molar-refractivity contribution in [3.63, 3.8) is 0 Å². The van der Waals surface area contributed by atoms with E-state index in [-0.39, 0.29) is 11.9 Å². The van der Waals surface area contributed by atoms with E-state index in [2.05, 4.69) is 4.98 Å². The Kier molecular flexibility index (Phi) is 2.81. The van der Waals surface area contributed by atoms with E-state index in [1.807, 2.05) is 30.3 Å². The van der Waals surface area contributed by atoms with E-state index >= 15 is 0 Å². The molecule has 0 spiro atoms. The molecular formula is C14H11FN2S. The van der Waals surface area contributed by atoms with Gasteiger partial charge in [0, 0.05) is 0 Å². The fourth-order valence-corrected chi connectivity index (χ4v) is 2.87. The third-order valence-electron chi connectivity index (χ3n) is 2.79. The van der Waals surface area contributed by atoms with Crippen molar-refractivity contribution >= 4 is 21.6 Å². The maximum atomic E-state index is 13.1. The van der Waals surface area contributed by atoms with E-state index in [0.717, 1.165) is 20.8 Å². The summed E-state index contributed by atoms with van der Waals surface area (Å²) in [4.78, 5) is 4.46. The lowest BCUT2D eigenvalue weighted by molar-refractivity contribution is 0.630. The van der Waals surface area contributed by atoms with Gasteiger partial charge in [-0.2, -0.15) is 0 Å². The van der Waals surface area contributed by atoms with Crippen LogP contribution in [0, 0.1) is 5.82 Å². The zero-order valence-corrected chi connectivity index (χ0v) is 10.3. The second-order valence-electron chi connectivity index (χ2n) is 4.05. The van der Waals surface area contributed by atoms with Gasteiger partial charge < -0.3 is 5.73 Å². The minimum atomic E-state index is -0.258. The molecule has 2 nitrogen and oxygen atoms in total. The number of thiazole rings is 1. The molecule has 0 aliphatic carbocycles. The highest BCUT2D eigenvalue weighted by Crippen LogP contribution is 2.29. The van der Waals surface area contributed by atoms with Gasteiger partial charge in [-0.3, -0.25) is 0 Å². The van der Waals surface area contributed by atoms with Crippen molar-refractivity contribution < 1.29 is 4.39 Å². The van der Waals surface area contributed by atoms with Gasteiger partial charge in [0.25, 0.3) is 0 Å². The smallest absolute Gasteiger partial charge is 0.124 e. The standard InChI is InChI=1S/C14H11FN2S/c15-10-6-7-11-12(8-10)18-14(17-11)13(16)9-4-2-1-3-5-9/h1-8,13H,16H2/t13-/m0/s1. The first kappa shape index (κ1) is 11.3. The second-order valence-corrected chi connectivity index (χ2v) is 5.11. The predicted octanol–water partition coefficient (Wildman–Crippen LogP) is 3.48. The summed E-state index contributed by atoms with van der Waals surface area (Å²) in [6.45, 7) is 0. The first-order valence-electron chi connectivity index (χ1n) is 5.60. The lowest BCUT2D eigenvalue weighted by Gasteiger charge is -2.07. The Morgan fingerprint density at radius 1 is 1.11 bits per heavy atom. The normalized spacial score (nSPS) is 12.8. The minimum absolute atomic E-state index is 0.244. The van der Waals surface area contributed by atoms with Crippen molar-refractivity contribution in [2.24, 2.45) is 5.73 Å². The molecule has 0 bridgehead atoms. The zero-order valence-electron chi connectivity index (χ0n) is 9.51. The molecule has 0 aliphatic rings. The highest BCUT2D eigenvalue weighted by Gasteiger charge is 2.13. The van der Waals surface area contributed by atoms with Crippen LogP contribution in [-0.2, 0) is 0 Å². The maximum absolute atomic E-state index is 13.1. The zero-order chi connectivity index (χ0) is 12.5.